The third-order valence-electron chi connectivity index (χ3n) is 4.95. The van der Waals surface area contributed by atoms with Crippen molar-refractivity contribution in [2.75, 3.05) is 0 Å². The fourth-order valence-electron chi connectivity index (χ4n) is 3.32. The Morgan fingerprint density at radius 1 is 1.25 bits per heavy atom. The highest BCUT2D eigenvalue weighted by Crippen LogP contribution is 2.28. The van der Waals surface area contributed by atoms with Crippen LogP contribution in [0.4, 0.5) is 0 Å². The highest BCUT2D eigenvalue weighted by molar-refractivity contribution is 5.92. The van der Waals surface area contributed by atoms with Crippen LogP contribution in [0.2, 0.25) is 0 Å². The van der Waals surface area contributed by atoms with E-state index >= 15 is 0 Å². The van der Waals surface area contributed by atoms with Crippen molar-refractivity contribution in [3.8, 4) is 17.5 Å². The van der Waals surface area contributed by atoms with Gasteiger partial charge in [0.15, 0.2) is 11.8 Å². The van der Waals surface area contributed by atoms with Crippen molar-refractivity contribution in [3.05, 3.63) is 41.8 Å². The normalized spacial score (nSPS) is 16.6. The number of oxazole rings is 1. The number of ether oxygens (including phenoxy) is 1. The zero-order valence-corrected chi connectivity index (χ0v) is 16.0. The van der Waals surface area contributed by atoms with E-state index in [-0.39, 0.29) is 5.69 Å². The molecule has 28 heavy (non-hydrogen) atoms. The number of esters is 1. The third kappa shape index (κ3) is 4.22. The number of carbonyl (C=O) groups is 2. The van der Waals surface area contributed by atoms with Crippen LogP contribution in [-0.4, -0.2) is 28.5 Å². The Bertz CT molecular complexity index is 892. The number of nitrogens with zero attached hydrogens (tertiary/aromatic N) is 2. The predicted molar refractivity (Wildman–Crippen MR) is 101 cm³/mol. The molecule has 0 spiro atoms. The number of hydrogen-bond donors (Lipinski definition) is 1. The first-order chi connectivity index (χ1) is 13.4. The van der Waals surface area contributed by atoms with Crippen LogP contribution in [0.5, 0.6) is 0 Å². The molecule has 1 heterocycles. The molecule has 1 aliphatic carbocycles. The molecule has 0 aliphatic heterocycles. The van der Waals surface area contributed by atoms with Gasteiger partial charge in [-0.25, -0.2) is 9.78 Å². The molecule has 1 saturated carbocycles. The molecule has 1 aliphatic rings. The van der Waals surface area contributed by atoms with E-state index in [1.54, 1.807) is 6.92 Å². The molecule has 2 aromatic rings. The molecule has 0 saturated heterocycles. The Hall–Kier alpha value is -3.14. The molecule has 1 amide bonds. The molecular formula is C21H23N3O4. The average molecular weight is 381 g/mol. The van der Waals surface area contributed by atoms with E-state index in [2.05, 4.69) is 16.4 Å². The minimum absolute atomic E-state index is 0.0335. The first kappa shape index (κ1) is 19.6. The molecule has 0 unspecified atom stereocenters. The van der Waals surface area contributed by atoms with Crippen molar-refractivity contribution in [1.82, 2.24) is 10.3 Å². The second-order valence-corrected chi connectivity index (χ2v) is 7.08. The number of carbonyl (C=O) groups excluding carboxylic acids is 2. The number of aromatic nitrogens is 1. The summed E-state index contributed by atoms with van der Waals surface area (Å²) >= 11 is 0. The van der Waals surface area contributed by atoms with Crippen molar-refractivity contribution in [3.63, 3.8) is 0 Å². The van der Waals surface area contributed by atoms with Crippen LogP contribution in [0.15, 0.2) is 34.7 Å². The highest BCUT2D eigenvalue weighted by Gasteiger charge is 2.35. The standard InChI is InChI=1S/C21H23N3O4/c1-14-17(23-19(27-14)16-9-5-3-6-10-16)20(26)28-15(2)18(25)24-21(13-22)11-7-4-8-12-21/h3,5-6,9-10,15H,4,7-8,11-12H2,1-2H3,(H,24,25)/t15-/m1/s1. The molecule has 7 heteroatoms. The molecule has 1 aromatic carbocycles. The zero-order valence-electron chi connectivity index (χ0n) is 16.0. The summed E-state index contributed by atoms with van der Waals surface area (Å²) in [6, 6.07) is 11.4. The molecular weight excluding hydrogens is 358 g/mol. The molecule has 1 aromatic heterocycles. The maximum Gasteiger partial charge on any atom is 0.361 e. The van der Waals surface area contributed by atoms with Crippen molar-refractivity contribution in [2.45, 2.75) is 57.6 Å². The number of nitriles is 1. The summed E-state index contributed by atoms with van der Waals surface area (Å²) in [6.45, 7) is 3.10. The summed E-state index contributed by atoms with van der Waals surface area (Å²) in [6.07, 6.45) is 3.01. The van der Waals surface area contributed by atoms with Crippen molar-refractivity contribution < 1.29 is 18.7 Å². The van der Waals surface area contributed by atoms with Crippen LogP contribution in [0.25, 0.3) is 11.5 Å². The summed E-state index contributed by atoms with van der Waals surface area (Å²) in [4.78, 5) is 29.2. The van der Waals surface area contributed by atoms with E-state index in [9.17, 15) is 14.9 Å². The van der Waals surface area contributed by atoms with E-state index in [4.69, 9.17) is 9.15 Å². The lowest BCUT2D eigenvalue weighted by Gasteiger charge is -2.32. The Balaban J connectivity index is 1.66. The van der Waals surface area contributed by atoms with Gasteiger partial charge < -0.3 is 14.5 Å². The van der Waals surface area contributed by atoms with Gasteiger partial charge in [-0.2, -0.15) is 5.26 Å². The molecule has 7 nitrogen and oxygen atoms in total. The molecule has 1 N–H and O–H groups in total. The molecule has 1 atom stereocenters. The van der Waals surface area contributed by atoms with Crippen molar-refractivity contribution in [1.29, 1.82) is 5.26 Å². The minimum atomic E-state index is -1.05. The maximum absolute atomic E-state index is 12.5. The maximum atomic E-state index is 12.5. The van der Waals surface area contributed by atoms with Crippen LogP contribution in [0, 0.1) is 18.3 Å². The Kier molecular flexibility index (Phi) is 5.78. The highest BCUT2D eigenvalue weighted by atomic mass is 16.5. The van der Waals surface area contributed by atoms with Gasteiger partial charge in [-0.15, -0.1) is 0 Å². The van der Waals surface area contributed by atoms with Gasteiger partial charge >= 0.3 is 5.97 Å². The number of aryl methyl sites for hydroxylation is 1. The number of hydrogen-bond acceptors (Lipinski definition) is 6. The minimum Gasteiger partial charge on any atom is -0.448 e. The lowest BCUT2D eigenvalue weighted by Crippen LogP contribution is -2.52. The Labute approximate surface area is 163 Å². The molecule has 0 bridgehead atoms. The summed E-state index contributed by atoms with van der Waals surface area (Å²) in [7, 11) is 0. The van der Waals surface area contributed by atoms with Gasteiger partial charge in [0, 0.05) is 5.56 Å². The van der Waals surface area contributed by atoms with Gasteiger partial charge in [-0.1, -0.05) is 37.5 Å². The Morgan fingerprint density at radius 2 is 1.93 bits per heavy atom. The SMILES string of the molecule is Cc1oc(-c2ccccc2)nc1C(=O)O[C@H](C)C(=O)NC1(C#N)CCCCC1. The molecule has 0 radical (unpaired) electrons. The van der Waals surface area contributed by atoms with Crippen LogP contribution >= 0.6 is 0 Å². The smallest absolute Gasteiger partial charge is 0.361 e. The lowest BCUT2D eigenvalue weighted by molar-refractivity contribution is -0.130. The molecule has 146 valence electrons. The first-order valence-corrected chi connectivity index (χ1v) is 9.41. The fraction of sp³-hybridized carbons (Fsp3) is 0.429. The second-order valence-electron chi connectivity index (χ2n) is 7.08. The quantitative estimate of drug-likeness (QED) is 0.794. The average Bonchev–Trinajstić information content (AvgIpc) is 3.11. The van der Waals surface area contributed by atoms with Gasteiger partial charge in [0.1, 0.15) is 11.3 Å². The van der Waals surface area contributed by atoms with E-state index < -0.39 is 23.5 Å². The summed E-state index contributed by atoms with van der Waals surface area (Å²) < 4.78 is 10.8. The van der Waals surface area contributed by atoms with E-state index in [1.807, 2.05) is 30.3 Å². The lowest BCUT2D eigenvalue weighted by atomic mass is 9.83. The largest absolute Gasteiger partial charge is 0.448 e. The van der Waals surface area contributed by atoms with Crippen molar-refractivity contribution in [2.24, 2.45) is 0 Å². The van der Waals surface area contributed by atoms with Gasteiger partial charge in [0.25, 0.3) is 5.91 Å². The zero-order chi connectivity index (χ0) is 20.1. The Morgan fingerprint density at radius 3 is 2.57 bits per heavy atom. The van der Waals surface area contributed by atoms with Gasteiger partial charge in [-0.3, -0.25) is 4.79 Å². The van der Waals surface area contributed by atoms with Gasteiger partial charge in [0.2, 0.25) is 5.89 Å². The van der Waals surface area contributed by atoms with Gasteiger partial charge in [-0.05, 0) is 38.8 Å². The number of nitrogens with one attached hydrogen (secondary N) is 1. The third-order valence-corrected chi connectivity index (χ3v) is 4.95. The number of amides is 1. The van der Waals surface area contributed by atoms with Crippen LogP contribution < -0.4 is 5.32 Å². The summed E-state index contributed by atoms with van der Waals surface area (Å²) in [5.41, 5.74) is -0.102. The van der Waals surface area contributed by atoms with E-state index in [0.717, 1.165) is 24.8 Å². The topological polar surface area (TPSA) is 105 Å². The van der Waals surface area contributed by atoms with Crippen LogP contribution in [-0.2, 0) is 9.53 Å². The predicted octanol–water partition coefficient (Wildman–Crippen LogP) is 3.54. The monoisotopic (exact) mass is 381 g/mol. The van der Waals surface area contributed by atoms with E-state index in [1.165, 1.54) is 6.92 Å². The summed E-state index contributed by atoms with van der Waals surface area (Å²) in [5, 5.41) is 12.2. The number of benzene rings is 1. The number of rotatable bonds is 5. The van der Waals surface area contributed by atoms with Crippen LogP contribution in [0.3, 0.4) is 0 Å². The molecule has 3 rings (SSSR count). The van der Waals surface area contributed by atoms with E-state index in [0.29, 0.717) is 24.5 Å². The van der Waals surface area contributed by atoms with Crippen LogP contribution in [0.1, 0.15) is 55.3 Å². The van der Waals surface area contributed by atoms with Gasteiger partial charge in [0.05, 0.1) is 6.07 Å². The second kappa shape index (κ2) is 8.26. The first-order valence-electron chi connectivity index (χ1n) is 9.41. The summed E-state index contributed by atoms with van der Waals surface area (Å²) in [5.74, 6) is -0.591. The van der Waals surface area contributed by atoms with Crippen molar-refractivity contribution >= 4 is 11.9 Å². The molecule has 1 fully saturated rings. The fourth-order valence-corrected chi connectivity index (χ4v) is 3.32.